The molecule has 0 aliphatic heterocycles. The maximum Gasteiger partial charge on any atom is 0.251 e. The monoisotopic (exact) mass is 366 g/mol. The van der Waals surface area contributed by atoms with Crippen LogP contribution in [0.15, 0.2) is 48.5 Å². The molecule has 0 saturated carbocycles. The summed E-state index contributed by atoms with van der Waals surface area (Å²) >= 11 is 6.01. The van der Waals surface area contributed by atoms with Crippen LogP contribution in [0.5, 0.6) is 0 Å². The molecule has 128 valence electrons. The number of sulfonamides is 1. The molecule has 0 radical (unpaired) electrons. The van der Waals surface area contributed by atoms with E-state index in [1.807, 2.05) is 18.2 Å². The summed E-state index contributed by atoms with van der Waals surface area (Å²) in [6, 6.07) is 14.5. The average Bonchev–Trinajstić information content (AvgIpc) is 2.53. The molecule has 1 amide bonds. The molecule has 7 heteroatoms. The number of aryl methyl sites for hydroxylation is 1. The number of hydrogen-bond acceptors (Lipinski definition) is 3. The van der Waals surface area contributed by atoms with Crippen LogP contribution in [-0.4, -0.2) is 27.1 Å². The molecule has 5 nitrogen and oxygen atoms in total. The number of nitrogens with one attached hydrogen (secondary N) is 2. The minimum Gasteiger partial charge on any atom is -0.352 e. The van der Waals surface area contributed by atoms with Crippen LogP contribution in [0.2, 0.25) is 5.02 Å². The van der Waals surface area contributed by atoms with Gasteiger partial charge in [-0.15, -0.1) is 0 Å². The minimum absolute atomic E-state index is 0.178. The van der Waals surface area contributed by atoms with E-state index in [1.54, 1.807) is 0 Å². The molecular formula is C17H19ClN2O3S. The Morgan fingerprint density at radius 2 is 1.83 bits per heavy atom. The topological polar surface area (TPSA) is 75.3 Å². The van der Waals surface area contributed by atoms with Crippen molar-refractivity contribution in [1.82, 2.24) is 5.32 Å². The second-order valence-corrected chi connectivity index (χ2v) is 7.57. The molecule has 0 aromatic heterocycles. The van der Waals surface area contributed by atoms with E-state index < -0.39 is 10.0 Å². The summed E-state index contributed by atoms with van der Waals surface area (Å²) in [5, 5.41) is 3.01. The Hall–Kier alpha value is -2.05. The fourth-order valence-electron chi connectivity index (χ4n) is 2.18. The Labute approximate surface area is 147 Å². The van der Waals surface area contributed by atoms with E-state index in [1.165, 1.54) is 23.8 Å². The molecule has 0 fully saturated rings. The molecule has 0 unspecified atom stereocenters. The van der Waals surface area contributed by atoms with Crippen LogP contribution in [0.4, 0.5) is 5.69 Å². The molecular weight excluding hydrogens is 348 g/mol. The van der Waals surface area contributed by atoms with Gasteiger partial charge in [0, 0.05) is 12.1 Å². The van der Waals surface area contributed by atoms with Crippen LogP contribution in [0, 0.1) is 0 Å². The van der Waals surface area contributed by atoms with E-state index in [4.69, 9.17) is 11.6 Å². The van der Waals surface area contributed by atoms with E-state index in [0.717, 1.165) is 19.1 Å². The lowest BCUT2D eigenvalue weighted by molar-refractivity contribution is 0.0953. The molecule has 0 saturated heterocycles. The van der Waals surface area contributed by atoms with Crippen molar-refractivity contribution in [3.8, 4) is 0 Å². The van der Waals surface area contributed by atoms with E-state index in [-0.39, 0.29) is 16.6 Å². The predicted octanol–water partition coefficient (Wildman–Crippen LogP) is 3.07. The molecule has 2 aromatic rings. The van der Waals surface area contributed by atoms with Gasteiger partial charge in [0.2, 0.25) is 10.0 Å². The number of benzene rings is 2. The lowest BCUT2D eigenvalue weighted by Crippen LogP contribution is -2.24. The van der Waals surface area contributed by atoms with Gasteiger partial charge in [-0.1, -0.05) is 41.9 Å². The second-order valence-electron chi connectivity index (χ2n) is 5.41. The fraction of sp³-hybridized carbons (Fsp3) is 0.235. The molecule has 2 rings (SSSR count). The normalized spacial score (nSPS) is 11.1. The number of rotatable bonds is 7. The van der Waals surface area contributed by atoms with Gasteiger partial charge < -0.3 is 5.32 Å². The van der Waals surface area contributed by atoms with Crippen molar-refractivity contribution < 1.29 is 13.2 Å². The molecule has 24 heavy (non-hydrogen) atoms. The van der Waals surface area contributed by atoms with Gasteiger partial charge in [0.25, 0.3) is 5.91 Å². The molecule has 0 spiro atoms. The Kier molecular flexibility index (Phi) is 6.23. The fourth-order valence-corrected chi connectivity index (χ4v) is 3.04. The van der Waals surface area contributed by atoms with Gasteiger partial charge in [0.15, 0.2) is 0 Å². The first-order valence-electron chi connectivity index (χ1n) is 7.44. The minimum atomic E-state index is -3.41. The number of halogens is 1. The van der Waals surface area contributed by atoms with Crippen LogP contribution < -0.4 is 10.0 Å². The maximum atomic E-state index is 12.1. The molecule has 2 aromatic carbocycles. The quantitative estimate of drug-likeness (QED) is 0.739. The number of carbonyl (C=O) groups excluding carboxylic acids is 1. The van der Waals surface area contributed by atoms with Gasteiger partial charge in [-0.3, -0.25) is 9.52 Å². The highest BCUT2D eigenvalue weighted by Crippen LogP contribution is 2.23. The summed E-state index contributed by atoms with van der Waals surface area (Å²) in [5.74, 6) is -0.240. The lowest BCUT2D eigenvalue weighted by Gasteiger charge is -2.09. The van der Waals surface area contributed by atoms with E-state index in [2.05, 4.69) is 22.2 Å². The summed E-state index contributed by atoms with van der Waals surface area (Å²) in [6.07, 6.45) is 2.76. The van der Waals surface area contributed by atoms with Crippen molar-refractivity contribution in [1.29, 1.82) is 0 Å². The number of hydrogen-bond donors (Lipinski definition) is 2. The Morgan fingerprint density at radius 1 is 1.12 bits per heavy atom. The van der Waals surface area contributed by atoms with Crippen molar-refractivity contribution >= 4 is 33.2 Å². The summed E-state index contributed by atoms with van der Waals surface area (Å²) in [6.45, 7) is 0.550. The van der Waals surface area contributed by atoms with Crippen molar-refractivity contribution in [3.05, 3.63) is 64.7 Å². The Morgan fingerprint density at radius 3 is 2.46 bits per heavy atom. The zero-order valence-corrected chi connectivity index (χ0v) is 14.8. The SMILES string of the molecule is CS(=O)(=O)Nc1ccc(C(=O)NCCCc2ccccc2)cc1Cl. The summed E-state index contributed by atoms with van der Waals surface area (Å²) < 4.78 is 24.7. The Balaban J connectivity index is 1.87. The number of carbonyl (C=O) groups is 1. The summed E-state index contributed by atoms with van der Waals surface area (Å²) in [7, 11) is -3.41. The molecule has 0 heterocycles. The van der Waals surface area contributed by atoms with E-state index in [0.29, 0.717) is 12.1 Å². The van der Waals surface area contributed by atoms with Gasteiger partial charge in [0.05, 0.1) is 17.0 Å². The first kappa shape index (κ1) is 18.3. The zero-order valence-electron chi connectivity index (χ0n) is 13.3. The molecule has 0 bridgehead atoms. The van der Waals surface area contributed by atoms with Crippen molar-refractivity contribution in [2.24, 2.45) is 0 Å². The highest BCUT2D eigenvalue weighted by atomic mass is 35.5. The lowest BCUT2D eigenvalue weighted by atomic mass is 10.1. The third kappa shape index (κ3) is 5.86. The van der Waals surface area contributed by atoms with Crippen LogP contribution >= 0.6 is 11.6 Å². The highest BCUT2D eigenvalue weighted by Gasteiger charge is 2.10. The van der Waals surface area contributed by atoms with Crippen LogP contribution in [0.25, 0.3) is 0 Å². The van der Waals surface area contributed by atoms with Crippen LogP contribution in [0.3, 0.4) is 0 Å². The molecule has 0 atom stereocenters. The number of amides is 1. The Bertz CT molecular complexity index is 808. The van der Waals surface area contributed by atoms with Crippen molar-refractivity contribution in [2.75, 3.05) is 17.5 Å². The van der Waals surface area contributed by atoms with E-state index >= 15 is 0 Å². The summed E-state index contributed by atoms with van der Waals surface area (Å²) in [4.78, 5) is 12.1. The van der Waals surface area contributed by atoms with Gasteiger partial charge in [-0.25, -0.2) is 8.42 Å². The van der Waals surface area contributed by atoms with Crippen LogP contribution in [-0.2, 0) is 16.4 Å². The molecule has 0 aliphatic carbocycles. The van der Waals surface area contributed by atoms with Gasteiger partial charge in [-0.2, -0.15) is 0 Å². The largest absolute Gasteiger partial charge is 0.352 e. The molecule has 2 N–H and O–H groups in total. The van der Waals surface area contributed by atoms with Crippen molar-refractivity contribution in [3.63, 3.8) is 0 Å². The van der Waals surface area contributed by atoms with Gasteiger partial charge in [-0.05, 0) is 36.6 Å². The molecule has 0 aliphatic rings. The highest BCUT2D eigenvalue weighted by molar-refractivity contribution is 7.92. The first-order chi connectivity index (χ1) is 11.3. The van der Waals surface area contributed by atoms with Crippen molar-refractivity contribution in [2.45, 2.75) is 12.8 Å². The van der Waals surface area contributed by atoms with Crippen LogP contribution in [0.1, 0.15) is 22.3 Å². The zero-order chi connectivity index (χ0) is 17.6. The summed E-state index contributed by atoms with van der Waals surface area (Å²) in [5.41, 5.74) is 1.87. The first-order valence-corrected chi connectivity index (χ1v) is 9.71. The standard InChI is InChI=1S/C17H19ClN2O3S/c1-24(22,23)20-16-10-9-14(12-15(16)18)17(21)19-11-5-8-13-6-3-2-4-7-13/h2-4,6-7,9-10,12,20H,5,8,11H2,1H3,(H,19,21). The smallest absolute Gasteiger partial charge is 0.251 e. The predicted molar refractivity (Wildman–Crippen MR) is 97.0 cm³/mol. The van der Waals surface area contributed by atoms with E-state index in [9.17, 15) is 13.2 Å². The maximum absolute atomic E-state index is 12.1. The average molecular weight is 367 g/mol. The van der Waals surface area contributed by atoms with Gasteiger partial charge in [0.1, 0.15) is 0 Å². The van der Waals surface area contributed by atoms with Gasteiger partial charge >= 0.3 is 0 Å². The number of anilines is 1. The second kappa shape index (κ2) is 8.17. The third-order valence-electron chi connectivity index (χ3n) is 3.30. The third-order valence-corrected chi connectivity index (χ3v) is 4.20.